The Morgan fingerprint density at radius 2 is 2.06 bits per heavy atom. The van der Waals surface area contributed by atoms with Crippen molar-refractivity contribution in [2.75, 3.05) is 11.5 Å². The van der Waals surface area contributed by atoms with Crippen molar-refractivity contribution in [2.24, 2.45) is 16.3 Å². The molecule has 17 heavy (non-hydrogen) atoms. The summed E-state index contributed by atoms with van der Waals surface area (Å²) < 4.78 is 0. The summed E-state index contributed by atoms with van der Waals surface area (Å²) in [5, 5.41) is 13.1. The zero-order chi connectivity index (χ0) is 12.3. The number of amidine groups is 1. The molecule has 0 aliphatic carbocycles. The molecule has 2 amide bonds. The van der Waals surface area contributed by atoms with Crippen LogP contribution in [0.25, 0.3) is 0 Å². The standard InChI is InChI=1S/C10H16N2O3S.Na/c1-4-16-5-10(6(2)3)7(13)11-9(15)12-8(10)14;/h6H,4-5H2,1-3H3,(H2,11,12,13,14,15);/q;+1/p-1. The minimum absolute atomic E-state index is 0. The van der Waals surface area contributed by atoms with Crippen LogP contribution in [0, 0.1) is 11.3 Å². The Morgan fingerprint density at radius 1 is 1.47 bits per heavy atom. The Hall–Kier alpha value is -0.0400. The average molecular weight is 266 g/mol. The van der Waals surface area contributed by atoms with E-state index < -0.39 is 23.3 Å². The van der Waals surface area contributed by atoms with Gasteiger partial charge in [-0.15, -0.1) is 0 Å². The zero-order valence-electron chi connectivity index (χ0n) is 10.6. The summed E-state index contributed by atoms with van der Waals surface area (Å²) in [4.78, 5) is 27.0. The van der Waals surface area contributed by atoms with Crippen LogP contribution in [0.3, 0.4) is 0 Å². The molecule has 1 N–H and O–H groups in total. The van der Waals surface area contributed by atoms with E-state index in [9.17, 15) is 14.7 Å². The smallest absolute Gasteiger partial charge is 0.846 e. The first kappa shape index (κ1) is 17.0. The summed E-state index contributed by atoms with van der Waals surface area (Å²) in [6.45, 7) is 5.53. The van der Waals surface area contributed by atoms with Crippen molar-refractivity contribution in [2.45, 2.75) is 20.8 Å². The number of nitrogens with zero attached hydrogens (tertiary/aromatic N) is 1. The number of rotatable bonds is 4. The molecule has 0 aromatic rings. The molecule has 0 aromatic carbocycles. The largest absolute Gasteiger partial charge is 1.00 e. The predicted molar refractivity (Wildman–Crippen MR) is 60.9 cm³/mol. The van der Waals surface area contributed by atoms with Crippen LogP contribution in [0.2, 0.25) is 0 Å². The van der Waals surface area contributed by atoms with Crippen molar-refractivity contribution in [3.05, 3.63) is 0 Å². The first-order chi connectivity index (χ1) is 7.45. The molecule has 90 valence electrons. The van der Waals surface area contributed by atoms with Crippen LogP contribution in [-0.4, -0.2) is 29.3 Å². The molecule has 1 aliphatic heterocycles. The molecule has 1 heterocycles. The molecule has 0 spiro atoms. The molecular formula is C10H15N2NaO3S. The Balaban J connectivity index is 0.00000256. The average Bonchev–Trinajstić information content (AvgIpc) is 2.16. The van der Waals surface area contributed by atoms with Gasteiger partial charge in [0.2, 0.25) is 5.91 Å². The summed E-state index contributed by atoms with van der Waals surface area (Å²) >= 11 is 1.50. The van der Waals surface area contributed by atoms with Crippen LogP contribution in [0.4, 0.5) is 0 Å². The van der Waals surface area contributed by atoms with Gasteiger partial charge >= 0.3 is 29.6 Å². The fraction of sp³-hybridized carbons (Fsp3) is 0.700. The Morgan fingerprint density at radius 3 is 2.47 bits per heavy atom. The number of carbonyl (C=O) groups excluding carboxylic acids is 2. The van der Waals surface area contributed by atoms with E-state index in [-0.39, 0.29) is 35.5 Å². The molecule has 0 saturated carbocycles. The fourth-order valence-corrected chi connectivity index (χ4v) is 2.71. The molecular weight excluding hydrogens is 251 g/mol. The molecule has 7 heteroatoms. The Labute approximate surface area is 127 Å². The van der Waals surface area contributed by atoms with Crippen molar-refractivity contribution in [1.82, 2.24) is 5.32 Å². The monoisotopic (exact) mass is 266 g/mol. The van der Waals surface area contributed by atoms with Gasteiger partial charge in [-0.05, 0) is 11.7 Å². The number of amides is 2. The third kappa shape index (κ3) is 3.24. The maximum Gasteiger partial charge on any atom is 1.00 e. The molecule has 0 radical (unpaired) electrons. The molecule has 1 rings (SSSR count). The van der Waals surface area contributed by atoms with Crippen LogP contribution in [0.15, 0.2) is 4.99 Å². The van der Waals surface area contributed by atoms with Crippen molar-refractivity contribution in [1.29, 1.82) is 0 Å². The van der Waals surface area contributed by atoms with Gasteiger partial charge in [0.15, 0.2) is 0 Å². The van der Waals surface area contributed by atoms with E-state index in [4.69, 9.17) is 0 Å². The summed E-state index contributed by atoms with van der Waals surface area (Å²) in [6.07, 6.45) is 0. The summed E-state index contributed by atoms with van der Waals surface area (Å²) in [5.41, 5.74) is -1.19. The SMILES string of the molecule is CCSCC1(C(C)C)C(=O)N=C([O-])NC1=O.[Na+]. The van der Waals surface area contributed by atoms with Gasteiger partial charge < -0.3 is 10.4 Å². The van der Waals surface area contributed by atoms with Gasteiger partial charge in [-0.1, -0.05) is 20.8 Å². The number of carbonyl (C=O) groups is 2. The summed E-state index contributed by atoms with van der Waals surface area (Å²) in [5.74, 6) is -0.146. The molecule has 0 fully saturated rings. The topological polar surface area (TPSA) is 81.6 Å². The van der Waals surface area contributed by atoms with Crippen molar-refractivity contribution >= 4 is 29.6 Å². The van der Waals surface area contributed by atoms with Crippen LogP contribution >= 0.6 is 11.8 Å². The van der Waals surface area contributed by atoms with E-state index >= 15 is 0 Å². The van der Waals surface area contributed by atoms with Gasteiger partial charge in [-0.3, -0.25) is 9.59 Å². The molecule has 1 aliphatic rings. The maximum atomic E-state index is 11.9. The maximum absolute atomic E-state index is 11.9. The minimum atomic E-state index is -1.19. The number of hydrogen-bond acceptors (Lipinski definition) is 4. The van der Waals surface area contributed by atoms with Crippen molar-refractivity contribution < 1.29 is 44.3 Å². The third-order valence-electron chi connectivity index (χ3n) is 2.73. The van der Waals surface area contributed by atoms with Gasteiger partial charge in [0.25, 0.3) is 5.91 Å². The van der Waals surface area contributed by atoms with Gasteiger partial charge in [-0.2, -0.15) is 11.8 Å². The predicted octanol–water partition coefficient (Wildman–Crippen LogP) is -3.24. The van der Waals surface area contributed by atoms with Gasteiger partial charge in [0, 0.05) is 5.75 Å². The second-order valence-electron chi connectivity index (χ2n) is 3.94. The van der Waals surface area contributed by atoms with Crippen LogP contribution in [0.1, 0.15) is 20.8 Å². The van der Waals surface area contributed by atoms with E-state index in [0.717, 1.165) is 5.75 Å². The molecule has 0 bridgehead atoms. The summed E-state index contributed by atoms with van der Waals surface area (Å²) in [6, 6.07) is -0.854. The number of hydrogen-bond donors (Lipinski definition) is 1. The number of nitrogens with one attached hydrogen (secondary N) is 1. The molecule has 1 atom stereocenters. The normalized spacial score (nSPS) is 24.1. The fourth-order valence-electron chi connectivity index (χ4n) is 1.59. The number of aliphatic imine (C=N–C) groups is 1. The van der Waals surface area contributed by atoms with Gasteiger partial charge in [0.05, 0.1) is 6.02 Å². The zero-order valence-corrected chi connectivity index (χ0v) is 13.4. The van der Waals surface area contributed by atoms with Crippen molar-refractivity contribution in [3.8, 4) is 0 Å². The number of thioether (sulfide) groups is 1. The van der Waals surface area contributed by atoms with E-state index in [0.29, 0.717) is 5.75 Å². The van der Waals surface area contributed by atoms with Crippen LogP contribution in [0.5, 0.6) is 0 Å². The second kappa shape index (κ2) is 6.78. The van der Waals surface area contributed by atoms with E-state index in [1.807, 2.05) is 6.92 Å². The van der Waals surface area contributed by atoms with Crippen molar-refractivity contribution in [3.63, 3.8) is 0 Å². The molecule has 1 unspecified atom stereocenters. The van der Waals surface area contributed by atoms with E-state index in [1.165, 1.54) is 11.8 Å². The van der Waals surface area contributed by atoms with Crippen LogP contribution < -0.4 is 40.0 Å². The van der Waals surface area contributed by atoms with E-state index in [2.05, 4.69) is 10.3 Å². The molecule has 0 saturated heterocycles. The van der Waals surface area contributed by atoms with Crippen LogP contribution in [-0.2, 0) is 9.59 Å². The third-order valence-corrected chi connectivity index (χ3v) is 3.80. The summed E-state index contributed by atoms with van der Waals surface area (Å²) in [7, 11) is 0. The first-order valence-corrected chi connectivity index (χ1v) is 6.30. The first-order valence-electron chi connectivity index (χ1n) is 5.14. The minimum Gasteiger partial charge on any atom is -0.846 e. The van der Waals surface area contributed by atoms with Gasteiger partial charge in [0.1, 0.15) is 5.41 Å². The second-order valence-corrected chi connectivity index (χ2v) is 5.21. The Bertz CT molecular complexity index is 346. The quantitative estimate of drug-likeness (QED) is 0.428. The molecule has 5 nitrogen and oxygen atoms in total. The molecule has 0 aromatic heterocycles. The Kier molecular flexibility index (Phi) is 6.76. The van der Waals surface area contributed by atoms with E-state index in [1.54, 1.807) is 13.8 Å². The van der Waals surface area contributed by atoms with Gasteiger partial charge in [-0.25, -0.2) is 4.99 Å².